The molecule has 0 bridgehead atoms. The number of piperazine rings is 1. The summed E-state index contributed by atoms with van der Waals surface area (Å²) in [6.07, 6.45) is 9.73. The number of terminal acetylenes is 1. The van der Waals surface area contributed by atoms with Crippen LogP contribution in [0.4, 0.5) is 0 Å². The van der Waals surface area contributed by atoms with Crippen molar-refractivity contribution in [2.24, 2.45) is 4.99 Å². The molecule has 1 N–H and O–H groups in total. The topological polar surface area (TPSA) is 30.9 Å². The third kappa shape index (κ3) is 6.93. The van der Waals surface area contributed by atoms with E-state index in [1.165, 1.54) is 5.56 Å². The first-order chi connectivity index (χ1) is 11.3. The van der Waals surface area contributed by atoms with Crippen molar-refractivity contribution < 1.29 is 0 Å². The van der Waals surface area contributed by atoms with Gasteiger partial charge in [0.05, 0.1) is 0 Å². The van der Waals surface area contributed by atoms with Gasteiger partial charge in [0.1, 0.15) is 6.54 Å². The number of hydrogen-bond acceptors (Lipinski definition) is 2. The maximum Gasteiger partial charge on any atom is 0.194 e. The highest BCUT2D eigenvalue weighted by molar-refractivity contribution is 14.0. The van der Waals surface area contributed by atoms with E-state index in [1.54, 1.807) is 0 Å². The molecule has 0 radical (unpaired) electrons. The van der Waals surface area contributed by atoms with Gasteiger partial charge < -0.3 is 10.2 Å². The van der Waals surface area contributed by atoms with Crippen molar-refractivity contribution in [3.63, 3.8) is 0 Å². The van der Waals surface area contributed by atoms with Gasteiger partial charge >= 0.3 is 0 Å². The molecule has 1 saturated heterocycles. The molecule has 0 spiro atoms. The Labute approximate surface area is 163 Å². The number of benzene rings is 1. The lowest BCUT2D eigenvalue weighted by molar-refractivity contribution is 0.194. The lowest BCUT2D eigenvalue weighted by atomic mass is 10.2. The van der Waals surface area contributed by atoms with Crippen molar-refractivity contribution in [3.05, 3.63) is 42.0 Å². The van der Waals surface area contributed by atoms with Crippen LogP contribution >= 0.6 is 24.0 Å². The number of guanidine groups is 1. The fraction of sp³-hybridized carbons (Fsp3) is 0.421. The zero-order valence-corrected chi connectivity index (χ0v) is 16.6. The predicted octanol–water partition coefficient (Wildman–Crippen LogP) is 2.53. The molecule has 1 heterocycles. The van der Waals surface area contributed by atoms with Gasteiger partial charge in [-0.25, -0.2) is 4.99 Å². The smallest absolute Gasteiger partial charge is 0.194 e. The molecule has 1 aliphatic heterocycles. The Kier molecular flexibility index (Phi) is 10.2. The zero-order valence-electron chi connectivity index (χ0n) is 14.3. The third-order valence-corrected chi connectivity index (χ3v) is 3.80. The van der Waals surface area contributed by atoms with Crippen LogP contribution in [0, 0.1) is 12.3 Å². The number of halogens is 1. The minimum Gasteiger partial charge on any atom is -0.356 e. The van der Waals surface area contributed by atoms with Crippen LogP contribution in [0.25, 0.3) is 6.08 Å². The summed E-state index contributed by atoms with van der Waals surface area (Å²) in [5.41, 5.74) is 1.25. The normalized spacial score (nSPS) is 15.8. The summed E-state index contributed by atoms with van der Waals surface area (Å²) in [5, 5.41) is 3.31. The summed E-state index contributed by atoms with van der Waals surface area (Å²) in [5.74, 6) is 3.51. The van der Waals surface area contributed by atoms with E-state index in [2.05, 4.69) is 69.4 Å². The molecule has 1 aromatic carbocycles. The van der Waals surface area contributed by atoms with E-state index < -0.39 is 0 Å². The first kappa shape index (κ1) is 20.5. The van der Waals surface area contributed by atoms with Gasteiger partial charge in [0.15, 0.2) is 5.96 Å². The molecule has 1 fully saturated rings. The molecule has 4 nitrogen and oxygen atoms in total. The molecule has 1 aliphatic rings. The Morgan fingerprint density at radius 3 is 2.58 bits per heavy atom. The molecule has 24 heavy (non-hydrogen) atoms. The molecule has 130 valence electrons. The minimum absolute atomic E-state index is 0. The summed E-state index contributed by atoms with van der Waals surface area (Å²) in [4.78, 5) is 9.19. The number of nitrogens with zero attached hydrogens (tertiary/aromatic N) is 3. The van der Waals surface area contributed by atoms with Crippen LogP contribution in [0.1, 0.15) is 12.5 Å². The second-order valence-corrected chi connectivity index (χ2v) is 5.47. The monoisotopic (exact) mass is 438 g/mol. The van der Waals surface area contributed by atoms with Crippen LogP contribution in [-0.4, -0.2) is 61.6 Å². The summed E-state index contributed by atoms with van der Waals surface area (Å²) < 4.78 is 0. The van der Waals surface area contributed by atoms with Crippen LogP contribution in [0.15, 0.2) is 41.4 Å². The second-order valence-electron chi connectivity index (χ2n) is 5.47. The molecule has 0 atom stereocenters. The SMILES string of the molecule is C#CCN=C(NCC)N1CCN(CC=Cc2ccccc2)CC1.I. The van der Waals surface area contributed by atoms with Gasteiger partial charge in [-0.2, -0.15) is 0 Å². The van der Waals surface area contributed by atoms with Gasteiger partial charge in [0.25, 0.3) is 0 Å². The molecule has 0 saturated carbocycles. The number of hydrogen-bond donors (Lipinski definition) is 1. The van der Waals surface area contributed by atoms with Crippen LogP contribution in [0.5, 0.6) is 0 Å². The van der Waals surface area contributed by atoms with Crippen LogP contribution < -0.4 is 5.32 Å². The molecule has 0 unspecified atom stereocenters. The summed E-state index contributed by atoms with van der Waals surface area (Å²) in [6.45, 7) is 8.41. The first-order valence-corrected chi connectivity index (χ1v) is 8.24. The molecule has 2 rings (SSSR count). The lowest BCUT2D eigenvalue weighted by Gasteiger charge is -2.36. The molecular formula is C19H27IN4. The van der Waals surface area contributed by atoms with Crippen LogP contribution in [-0.2, 0) is 0 Å². The Hall–Kier alpha value is -1.52. The van der Waals surface area contributed by atoms with Crippen LogP contribution in [0.3, 0.4) is 0 Å². The van der Waals surface area contributed by atoms with Gasteiger partial charge in [0.2, 0.25) is 0 Å². The molecular weight excluding hydrogens is 411 g/mol. The van der Waals surface area contributed by atoms with Crippen LogP contribution in [0.2, 0.25) is 0 Å². The van der Waals surface area contributed by atoms with Gasteiger partial charge in [-0.1, -0.05) is 48.4 Å². The van der Waals surface area contributed by atoms with E-state index in [-0.39, 0.29) is 24.0 Å². The maximum absolute atomic E-state index is 5.31. The van der Waals surface area contributed by atoms with E-state index in [9.17, 15) is 0 Å². The summed E-state index contributed by atoms with van der Waals surface area (Å²) in [7, 11) is 0. The molecule has 0 aliphatic carbocycles. The van der Waals surface area contributed by atoms with Gasteiger partial charge in [-0.15, -0.1) is 30.4 Å². The van der Waals surface area contributed by atoms with Gasteiger partial charge in [0, 0.05) is 39.3 Å². The molecule has 1 aromatic rings. The van der Waals surface area contributed by atoms with E-state index in [1.807, 2.05) is 6.07 Å². The number of rotatable bonds is 5. The Morgan fingerprint density at radius 2 is 1.96 bits per heavy atom. The average Bonchev–Trinajstić information content (AvgIpc) is 2.60. The Bertz CT molecular complexity index is 554. The molecule has 0 amide bonds. The Balaban J connectivity index is 0.00000288. The first-order valence-electron chi connectivity index (χ1n) is 8.24. The van der Waals surface area contributed by atoms with Crippen molar-refractivity contribution in [3.8, 4) is 12.3 Å². The van der Waals surface area contributed by atoms with E-state index in [0.717, 1.165) is 45.2 Å². The van der Waals surface area contributed by atoms with E-state index >= 15 is 0 Å². The standard InChI is InChI=1S/C19H26N4.HI/c1-3-12-21-19(20-4-2)23-16-14-22(15-17-23)13-8-11-18-9-6-5-7-10-18;/h1,5-11H,4,12-17H2,2H3,(H,20,21);1H. The lowest BCUT2D eigenvalue weighted by Crippen LogP contribution is -2.52. The summed E-state index contributed by atoms with van der Waals surface area (Å²) >= 11 is 0. The fourth-order valence-electron chi connectivity index (χ4n) is 2.59. The highest BCUT2D eigenvalue weighted by atomic mass is 127. The second kappa shape index (κ2) is 11.9. The molecule has 5 heteroatoms. The molecule has 0 aromatic heterocycles. The minimum atomic E-state index is 0. The predicted molar refractivity (Wildman–Crippen MR) is 114 cm³/mol. The zero-order chi connectivity index (χ0) is 16.3. The maximum atomic E-state index is 5.31. The highest BCUT2D eigenvalue weighted by Gasteiger charge is 2.18. The van der Waals surface area contributed by atoms with Crippen molar-refractivity contribution in [2.45, 2.75) is 6.92 Å². The highest BCUT2D eigenvalue weighted by Crippen LogP contribution is 2.05. The van der Waals surface area contributed by atoms with Crippen molar-refractivity contribution in [1.82, 2.24) is 15.1 Å². The van der Waals surface area contributed by atoms with Crippen molar-refractivity contribution in [1.29, 1.82) is 0 Å². The van der Waals surface area contributed by atoms with E-state index in [0.29, 0.717) is 6.54 Å². The average molecular weight is 438 g/mol. The number of nitrogens with one attached hydrogen (secondary N) is 1. The number of aliphatic imine (C=N–C) groups is 1. The third-order valence-electron chi connectivity index (χ3n) is 3.80. The van der Waals surface area contributed by atoms with Gasteiger partial charge in [-0.05, 0) is 12.5 Å². The Morgan fingerprint density at radius 1 is 1.25 bits per heavy atom. The van der Waals surface area contributed by atoms with Crippen molar-refractivity contribution >= 4 is 36.0 Å². The largest absolute Gasteiger partial charge is 0.356 e. The fourth-order valence-corrected chi connectivity index (χ4v) is 2.59. The quantitative estimate of drug-likeness (QED) is 0.332. The van der Waals surface area contributed by atoms with Gasteiger partial charge in [-0.3, -0.25) is 4.90 Å². The van der Waals surface area contributed by atoms with E-state index in [4.69, 9.17) is 6.42 Å². The summed E-state index contributed by atoms with van der Waals surface area (Å²) in [6, 6.07) is 10.4. The van der Waals surface area contributed by atoms with Crippen molar-refractivity contribution in [2.75, 3.05) is 45.8 Å².